The molecule has 0 aliphatic rings. The van der Waals surface area contributed by atoms with Crippen molar-refractivity contribution >= 4 is 49.6 Å². The molecule has 7 nitrogen and oxygen atoms in total. The number of anilines is 1. The molecule has 1 amide bonds. The van der Waals surface area contributed by atoms with E-state index in [1.165, 1.54) is 11.3 Å². The van der Waals surface area contributed by atoms with Crippen LogP contribution in [0.2, 0.25) is 0 Å². The monoisotopic (exact) mass is 374 g/mol. The van der Waals surface area contributed by atoms with Crippen LogP contribution in [0.5, 0.6) is 5.88 Å². The van der Waals surface area contributed by atoms with Crippen LogP contribution in [0.3, 0.4) is 0 Å². The smallest absolute Gasteiger partial charge is 0.265 e. The molecule has 9 heteroatoms. The third-order valence-electron chi connectivity index (χ3n) is 3.50. The summed E-state index contributed by atoms with van der Waals surface area (Å²) in [4.78, 5) is 23.5. The molecular formula is C16H14N4O3S2. The van der Waals surface area contributed by atoms with E-state index in [2.05, 4.69) is 15.3 Å². The molecule has 0 bridgehead atoms. The Balaban J connectivity index is 1.46. The number of fused-ring (bicyclic) bond motifs is 3. The molecule has 0 fully saturated rings. The van der Waals surface area contributed by atoms with Crippen molar-refractivity contribution in [2.24, 2.45) is 0 Å². The van der Waals surface area contributed by atoms with E-state index in [1.54, 1.807) is 36.8 Å². The van der Waals surface area contributed by atoms with E-state index < -0.39 is 0 Å². The number of pyridine rings is 1. The third-order valence-corrected chi connectivity index (χ3v) is 5.27. The Morgan fingerprint density at radius 1 is 1.36 bits per heavy atom. The van der Waals surface area contributed by atoms with Crippen molar-refractivity contribution in [3.8, 4) is 5.88 Å². The summed E-state index contributed by atoms with van der Waals surface area (Å²) in [6, 6.07) is 5.32. The van der Waals surface area contributed by atoms with Crippen LogP contribution < -0.4 is 10.1 Å². The topological polar surface area (TPSA) is 77.8 Å². The van der Waals surface area contributed by atoms with Gasteiger partial charge in [0.2, 0.25) is 5.88 Å². The fourth-order valence-electron chi connectivity index (χ4n) is 2.32. The van der Waals surface area contributed by atoms with Crippen LogP contribution in [0.1, 0.15) is 9.67 Å². The van der Waals surface area contributed by atoms with Gasteiger partial charge in [0, 0.05) is 24.8 Å². The van der Waals surface area contributed by atoms with Crippen LogP contribution in [0.25, 0.3) is 15.3 Å². The lowest BCUT2D eigenvalue weighted by molar-refractivity contribution is 0.103. The first-order valence-corrected chi connectivity index (χ1v) is 9.18. The predicted molar refractivity (Wildman–Crippen MR) is 98.0 cm³/mol. The number of nitrogens with zero attached hydrogens (tertiary/aromatic N) is 3. The van der Waals surface area contributed by atoms with Crippen LogP contribution >= 0.6 is 22.7 Å². The number of rotatable bonds is 6. The van der Waals surface area contributed by atoms with E-state index in [9.17, 15) is 4.79 Å². The van der Waals surface area contributed by atoms with E-state index in [4.69, 9.17) is 9.47 Å². The van der Waals surface area contributed by atoms with Gasteiger partial charge in [-0.1, -0.05) is 0 Å². The van der Waals surface area contributed by atoms with Crippen LogP contribution in [0.4, 0.5) is 5.69 Å². The van der Waals surface area contributed by atoms with E-state index in [1.807, 2.05) is 22.0 Å². The number of hydrogen-bond acceptors (Lipinski definition) is 7. The molecule has 4 rings (SSSR count). The number of thiazole rings is 1. The van der Waals surface area contributed by atoms with Crippen molar-refractivity contribution < 1.29 is 14.3 Å². The lowest BCUT2D eigenvalue weighted by Gasteiger charge is -2.06. The maximum absolute atomic E-state index is 12.4. The van der Waals surface area contributed by atoms with Crippen LogP contribution in [-0.2, 0) is 4.74 Å². The lowest BCUT2D eigenvalue weighted by atomic mass is 10.3. The van der Waals surface area contributed by atoms with E-state index >= 15 is 0 Å². The lowest BCUT2D eigenvalue weighted by Crippen LogP contribution is -2.10. The summed E-state index contributed by atoms with van der Waals surface area (Å²) in [6.45, 7) is 0.930. The van der Waals surface area contributed by atoms with Crippen molar-refractivity contribution in [2.75, 3.05) is 25.6 Å². The third kappa shape index (κ3) is 3.21. The standard InChI is InChI=1S/C16H14N4O3S2/c1-22-5-6-23-13-3-2-10(9-17-13)18-14(21)12-8-11-15(25-12)19-16-20(11)4-7-24-16/h2-4,7-9H,5-6H2,1H3,(H,18,21). The van der Waals surface area contributed by atoms with E-state index in [-0.39, 0.29) is 5.91 Å². The number of imidazole rings is 1. The van der Waals surface area contributed by atoms with Gasteiger partial charge < -0.3 is 14.8 Å². The fourth-order valence-corrected chi connectivity index (χ4v) is 4.02. The molecule has 25 heavy (non-hydrogen) atoms. The molecule has 0 aromatic carbocycles. The summed E-state index contributed by atoms with van der Waals surface area (Å²) in [5.74, 6) is 0.312. The minimum Gasteiger partial charge on any atom is -0.475 e. The van der Waals surface area contributed by atoms with Gasteiger partial charge in [0.05, 0.1) is 28.9 Å². The molecule has 128 valence electrons. The second-order valence-electron chi connectivity index (χ2n) is 5.15. The Labute approximate surface area is 150 Å². The number of carbonyl (C=O) groups excluding carboxylic acids is 1. The second kappa shape index (κ2) is 6.79. The zero-order valence-electron chi connectivity index (χ0n) is 13.3. The Morgan fingerprint density at radius 2 is 2.28 bits per heavy atom. The minimum atomic E-state index is -0.179. The first kappa shape index (κ1) is 16.0. The second-order valence-corrected chi connectivity index (χ2v) is 7.05. The molecule has 4 heterocycles. The quantitative estimate of drug-likeness (QED) is 0.524. The molecule has 0 atom stereocenters. The largest absolute Gasteiger partial charge is 0.475 e. The average molecular weight is 374 g/mol. The van der Waals surface area contributed by atoms with Crippen molar-refractivity contribution in [1.29, 1.82) is 0 Å². The number of aromatic nitrogens is 3. The van der Waals surface area contributed by atoms with Gasteiger partial charge in [-0.3, -0.25) is 9.20 Å². The number of nitrogens with one attached hydrogen (secondary N) is 1. The highest BCUT2D eigenvalue weighted by atomic mass is 32.1. The fraction of sp³-hybridized carbons (Fsp3) is 0.188. The summed E-state index contributed by atoms with van der Waals surface area (Å²) < 4.78 is 12.3. The first-order chi connectivity index (χ1) is 12.2. The molecule has 0 saturated carbocycles. The zero-order chi connectivity index (χ0) is 17.2. The van der Waals surface area contributed by atoms with Crippen molar-refractivity contribution in [3.63, 3.8) is 0 Å². The van der Waals surface area contributed by atoms with E-state index in [0.717, 1.165) is 15.3 Å². The highest BCUT2D eigenvalue weighted by Gasteiger charge is 2.15. The summed E-state index contributed by atoms with van der Waals surface area (Å²) in [5.41, 5.74) is 1.56. The van der Waals surface area contributed by atoms with Gasteiger partial charge in [-0.15, -0.1) is 22.7 Å². The molecule has 4 aromatic heterocycles. The summed E-state index contributed by atoms with van der Waals surface area (Å²) >= 11 is 2.95. The average Bonchev–Trinajstić information content (AvgIpc) is 3.28. The maximum Gasteiger partial charge on any atom is 0.265 e. The molecule has 0 aliphatic carbocycles. The SMILES string of the molecule is COCCOc1ccc(NC(=O)c2cc3c(nc4sccn43)s2)cn1. The minimum absolute atomic E-state index is 0.179. The highest BCUT2D eigenvalue weighted by molar-refractivity contribution is 7.21. The Morgan fingerprint density at radius 3 is 3.08 bits per heavy atom. The van der Waals surface area contributed by atoms with Gasteiger partial charge in [0.1, 0.15) is 11.4 Å². The Bertz CT molecular complexity index is 1020. The number of carbonyl (C=O) groups is 1. The van der Waals surface area contributed by atoms with Crippen LogP contribution in [-0.4, -0.2) is 40.6 Å². The Kier molecular flexibility index (Phi) is 4.35. The summed E-state index contributed by atoms with van der Waals surface area (Å²) in [5, 5.41) is 4.81. The van der Waals surface area contributed by atoms with Crippen molar-refractivity contribution in [1.82, 2.24) is 14.4 Å². The van der Waals surface area contributed by atoms with Gasteiger partial charge in [-0.2, -0.15) is 0 Å². The van der Waals surface area contributed by atoms with Gasteiger partial charge in [0.15, 0.2) is 4.96 Å². The van der Waals surface area contributed by atoms with Gasteiger partial charge in [-0.05, 0) is 12.1 Å². The first-order valence-electron chi connectivity index (χ1n) is 7.49. The predicted octanol–water partition coefficient (Wildman–Crippen LogP) is 3.28. The number of amides is 1. The van der Waals surface area contributed by atoms with Crippen LogP contribution in [0.15, 0.2) is 36.0 Å². The number of hydrogen-bond donors (Lipinski definition) is 1. The van der Waals surface area contributed by atoms with Crippen LogP contribution in [0, 0.1) is 0 Å². The molecule has 0 spiro atoms. The maximum atomic E-state index is 12.4. The molecule has 4 aromatic rings. The molecule has 0 saturated heterocycles. The molecular weight excluding hydrogens is 360 g/mol. The van der Waals surface area contributed by atoms with Crippen molar-refractivity contribution in [3.05, 3.63) is 40.8 Å². The summed E-state index contributed by atoms with van der Waals surface area (Å²) in [6.07, 6.45) is 3.52. The highest BCUT2D eigenvalue weighted by Crippen LogP contribution is 2.28. The molecule has 0 radical (unpaired) electrons. The normalized spacial score (nSPS) is 11.2. The van der Waals surface area contributed by atoms with Crippen molar-refractivity contribution in [2.45, 2.75) is 0 Å². The van der Waals surface area contributed by atoms with Gasteiger partial charge in [-0.25, -0.2) is 9.97 Å². The number of methoxy groups -OCH3 is 1. The van der Waals surface area contributed by atoms with Gasteiger partial charge >= 0.3 is 0 Å². The molecule has 1 N–H and O–H groups in total. The molecule has 0 unspecified atom stereocenters. The number of ether oxygens (including phenoxy) is 2. The summed E-state index contributed by atoms with van der Waals surface area (Å²) in [7, 11) is 1.61. The number of thiophene rings is 1. The Hall–Kier alpha value is -2.49. The van der Waals surface area contributed by atoms with Gasteiger partial charge in [0.25, 0.3) is 5.91 Å². The molecule has 0 aliphatic heterocycles. The zero-order valence-corrected chi connectivity index (χ0v) is 14.9. The van der Waals surface area contributed by atoms with E-state index in [0.29, 0.717) is 29.7 Å².